The molecule has 1 aromatic rings. The molecule has 0 bridgehead atoms. The molecule has 5 heteroatoms. The summed E-state index contributed by atoms with van der Waals surface area (Å²) in [6.45, 7) is 5.79. The summed E-state index contributed by atoms with van der Waals surface area (Å²) in [5, 5.41) is 0. The summed E-state index contributed by atoms with van der Waals surface area (Å²) in [7, 11) is 1.87. The van der Waals surface area contributed by atoms with Crippen LogP contribution in [0.5, 0.6) is 0 Å². The minimum Gasteiger partial charge on any atom is -0.458 e. The molecule has 0 saturated heterocycles. The standard InChI is InChI=1S/C11H18N2O3/c1-11(2,3)16-10(14)7-15-6-9-5-12-8-13(9)4/h5,8H,6-7H2,1-4H3. The number of ether oxygens (including phenoxy) is 2. The maximum Gasteiger partial charge on any atom is 0.332 e. The third kappa shape index (κ3) is 4.44. The van der Waals surface area contributed by atoms with Crippen molar-refractivity contribution in [1.29, 1.82) is 0 Å². The number of aryl methyl sites for hydroxylation is 1. The first-order valence-corrected chi connectivity index (χ1v) is 5.13. The lowest BCUT2D eigenvalue weighted by Gasteiger charge is -2.19. The van der Waals surface area contributed by atoms with E-state index in [0.29, 0.717) is 6.61 Å². The third-order valence-electron chi connectivity index (χ3n) is 1.81. The Bertz CT molecular complexity index is 352. The molecule has 0 N–H and O–H groups in total. The number of carbonyl (C=O) groups is 1. The Morgan fingerprint density at radius 2 is 2.19 bits per heavy atom. The predicted octanol–water partition coefficient (Wildman–Crippen LogP) is 1.28. The van der Waals surface area contributed by atoms with Gasteiger partial charge in [-0.3, -0.25) is 0 Å². The molecule has 0 aliphatic rings. The molecule has 0 unspecified atom stereocenters. The molecule has 0 fully saturated rings. The lowest BCUT2D eigenvalue weighted by molar-refractivity contribution is -0.160. The molecule has 5 nitrogen and oxygen atoms in total. The van der Waals surface area contributed by atoms with Crippen LogP contribution in [0.4, 0.5) is 0 Å². The van der Waals surface area contributed by atoms with Crippen molar-refractivity contribution in [3.8, 4) is 0 Å². The zero-order valence-electron chi connectivity index (χ0n) is 10.2. The van der Waals surface area contributed by atoms with E-state index in [9.17, 15) is 4.79 Å². The molecule has 1 aromatic heterocycles. The average Bonchev–Trinajstić information content (AvgIpc) is 2.48. The van der Waals surface area contributed by atoms with Gasteiger partial charge in [-0.1, -0.05) is 0 Å². The van der Waals surface area contributed by atoms with Crippen LogP contribution in [0.25, 0.3) is 0 Å². The highest BCUT2D eigenvalue weighted by molar-refractivity contribution is 5.71. The molecule has 1 heterocycles. The topological polar surface area (TPSA) is 53.4 Å². The van der Waals surface area contributed by atoms with Crippen molar-refractivity contribution >= 4 is 5.97 Å². The van der Waals surface area contributed by atoms with E-state index in [-0.39, 0.29) is 12.6 Å². The van der Waals surface area contributed by atoms with Crippen LogP contribution in [0.15, 0.2) is 12.5 Å². The number of hydrogen-bond acceptors (Lipinski definition) is 4. The molecule has 16 heavy (non-hydrogen) atoms. The Hall–Kier alpha value is -1.36. The van der Waals surface area contributed by atoms with E-state index in [4.69, 9.17) is 9.47 Å². The lowest BCUT2D eigenvalue weighted by Crippen LogP contribution is -2.26. The van der Waals surface area contributed by atoms with Gasteiger partial charge in [0.25, 0.3) is 0 Å². The van der Waals surface area contributed by atoms with Gasteiger partial charge in [-0.25, -0.2) is 9.78 Å². The fourth-order valence-electron chi connectivity index (χ4n) is 1.13. The quantitative estimate of drug-likeness (QED) is 0.726. The van der Waals surface area contributed by atoms with E-state index in [1.54, 1.807) is 12.5 Å². The van der Waals surface area contributed by atoms with Gasteiger partial charge in [0.05, 0.1) is 24.8 Å². The van der Waals surface area contributed by atoms with Gasteiger partial charge in [0.15, 0.2) is 0 Å². The van der Waals surface area contributed by atoms with Crippen LogP contribution < -0.4 is 0 Å². The molecule has 0 aliphatic carbocycles. The van der Waals surface area contributed by atoms with Crippen molar-refractivity contribution in [2.75, 3.05) is 6.61 Å². The molecular formula is C11H18N2O3. The van der Waals surface area contributed by atoms with Crippen molar-refractivity contribution < 1.29 is 14.3 Å². The van der Waals surface area contributed by atoms with Crippen molar-refractivity contribution in [2.45, 2.75) is 33.0 Å². The average molecular weight is 226 g/mol. The first-order chi connectivity index (χ1) is 7.38. The number of carbonyl (C=O) groups excluding carboxylic acids is 1. The van der Waals surface area contributed by atoms with Gasteiger partial charge in [-0.2, -0.15) is 0 Å². The highest BCUT2D eigenvalue weighted by atomic mass is 16.6. The Kier molecular flexibility index (Phi) is 4.06. The third-order valence-corrected chi connectivity index (χ3v) is 1.81. The van der Waals surface area contributed by atoms with Gasteiger partial charge in [0.1, 0.15) is 12.2 Å². The second kappa shape index (κ2) is 5.12. The van der Waals surface area contributed by atoms with E-state index >= 15 is 0 Å². The van der Waals surface area contributed by atoms with Gasteiger partial charge < -0.3 is 14.0 Å². The maximum atomic E-state index is 11.3. The van der Waals surface area contributed by atoms with E-state index in [1.807, 2.05) is 32.4 Å². The zero-order valence-corrected chi connectivity index (χ0v) is 10.2. The minimum absolute atomic E-state index is 0.0392. The molecule has 0 amide bonds. The Morgan fingerprint density at radius 3 is 2.69 bits per heavy atom. The van der Waals surface area contributed by atoms with Crippen LogP contribution in [0, 0.1) is 0 Å². The normalized spacial score (nSPS) is 11.5. The molecule has 90 valence electrons. The Labute approximate surface area is 95.4 Å². The summed E-state index contributed by atoms with van der Waals surface area (Å²) < 4.78 is 12.2. The van der Waals surface area contributed by atoms with Gasteiger partial charge in [0.2, 0.25) is 0 Å². The fraction of sp³-hybridized carbons (Fsp3) is 0.636. The molecule has 0 saturated carbocycles. The van der Waals surface area contributed by atoms with Crippen LogP contribution in [0.1, 0.15) is 26.5 Å². The smallest absolute Gasteiger partial charge is 0.332 e. The van der Waals surface area contributed by atoms with Crippen molar-refractivity contribution in [3.05, 3.63) is 18.2 Å². The number of aromatic nitrogens is 2. The van der Waals surface area contributed by atoms with E-state index < -0.39 is 5.60 Å². The second-order valence-electron chi connectivity index (χ2n) is 4.58. The van der Waals surface area contributed by atoms with Gasteiger partial charge >= 0.3 is 5.97 Å². The summed E-state index contributed by atoms with van der Waals surface area (Å²) in [4.78, 5) is 15.2. The molecule has 1 rings (SSSR count). The van der Waals surface area contributed by atoms with Gasteiger partial charge in [-0.05, 0) is 20.8 Å². The van der Waals surface area contributed by atoms with Crippen LogP contribution in [0.3, 0.4) is 0 Å². The number of imidazole rings is 1. The summed E-state index contributed by atoms with van der Waals surface area (Å²) in [5.41, 5.74) is 0.455. The second-order valence-corrected chi connectivity index (χ2v) is 4.58. The molecule has 0 spiro atoms. The molecule has 0 aromatic carbocycles. The predicted molar refractivity (Wildman–Crippen MR) is 58.7 cm³/mol. The van der Waals surface area contributed by atoms with Crippen molar-refractivity contribution in [2.24, 2.45) is 7.05 Å². The van der Waals surface area contributed by atoms with E-state index in [0.717, 1.165) is 5.69 Å². The molecule has 0 atom stereocenters. The number of hydrogen-bond donors (Lipinski definition) is 0. The Balaban J connectivity index is 2.26. The molecule has 0 radical (unpaired) electrons. The fourth-order valence-corrected chi connectivity index (χ4v) is 1.13. The molecular weight excluding hydrogens is 208 g/mol. The zero-order chi connectivity index (χ0) is 12.2. The first kappa shape index (κ1) is 12.7. The largest absolute Gasteiger partial charge is 0.458 e. The minimum atomic E-state index is -0.465. The van der Waals surface area contributed by atoms with Crippen LogP contribution in [0.2, 0.25) is 0 Å². The Morgan fingerprint density at radius 1 is 1.50 bits per heavy atom. The highest BCUT2D eigenvalue weighted by Gasteiger charge is 2.16. The first-order valence-electron chi connectivity index (χ1n) is 5.13. The summed E-state index contributed by atoms with van der Waals surface area (Å²) >= 11 is 0. The molecule has 0 aliphatic heterocycles. The summed E-state index contributed by atoms with van der Waals surface area (Å²) in [6.07, 6.45) is 3.39. The van der Waals surface area contributed by atoms with E-state index in [1.165, 1.54) is 0 Å². The van der Waals surface area contributed by atoms with Gasteiger partial charge in [-0.15, -0.1) is 0 Å². The summed E-state index contributed by atoms with van der Waals surface area (Å²) in [5.74, 6) is -0.352. The van der Waals surface area contributed by atoms with Crippen LogP contribution in [-0.2, 0) is 27.9 Å². The number of nitrogens with zero attached hydrogens (tertiary/aromatic N) is 2. The number of rotatable bonds is 4. The summed E-state index contributed by atoms with van der Waals surface area (Å²) in [6, 6.07) is 0. The van der Waals surface area contributed by atoms with Crippen LogP contribution >= 0.6 is 0 Å². The monoisotopic (exact) mass is 226 g/mol. The number of esters is 1. The van der Waals surface area contributed by atoms with Crippen LogP contribution in [-0.4, -0.2) is 27.7 Å². The van der Waals surface area contributed by atoms with E-state index in [2.05, 4.69) is 4.98 Å². The van der Waals surface area contributed by atoms with Crippen molar-refractivity contribution in [1.82, 2.24) is 9.55 Å². The lowest BCUT2D eigenvalue weighted by atomic mass is 10.2. The highest BCUT2D eigenvalue weighted by Crippen LogP contribution is 2.07. The van der Waals surface area contributed by atoms with Crippen molar-refractivity contribution in [3.63, 3.8) is 0 Å². The maximum absolute atomic E-state index is 11.3. The van der Waals surface area contributed by atoms with Gasteiger partial charge in [0, 0.05) is 7.05 Å². The SMILES string of the molecule is Cn1cncc1COCC(=O)OC(C)(C)C.